The van der Waals surface area contributed by atoms with Gasteiger partial charge in [-0.15, -0.1) is 0 Å². The van der Waals surface area contributed by atoms with Crippen LogP contribution in [-0.2, 0) is 0 Å². The molecule has 4 atom stereocenters. The Morgan fingerprint density at radius 2 is 2.14 bits per heavy atom. The molecular weight excluding hydrogens is 196 g/mol. The molecule has 1 aliphatic carbocycles. The van der Waals surface area contributed by atoms with E-state index in [4.69, 9.17) is 17.3 Å². The van der Waals surface area contributed by atoms with Crippen LogP contribution < -0.4 is 11.1 Å². The molecule has 3 rings (SSSR count). The molecule has 2 fully saturated rings. The van der Waals surface area contributed by atoms with E-state index in [0.29, 0.717) is 23.9 Å². The number of hydrogen-bond acceptors (Lipinski definition) is 2. The maximum absolute atomic E-state index is 6.16. The van der Waals surface area contributed by atoms with Crippen molar-refractivity contribution in [3.05, 3.63) is 34.9 Å². The Balaban J connectivity index is 1.93. The van der Waals surface area contributed by atoms with Crippen molar-refractivity contribution in [1.82, 2.24) is 5.32 Å². The minimum Gasteiger partial charge on any atom is -0.327 e. The topological polar surface area (TPSA) is 38.0 Å². The lowest BCUT2D eigenvalue weighted by molar-refractivity contribution is 0.537. The molecule has 2 aliphatic rings. The highest BCUT2D eigenvalue weighted by atomic mass is 35.5. The third-order valence-electron chi connectivity index (χ3n) is 3.49. The number of nitrogens with one attached hydrogen (secondary N) is 1. The summed E-state index contributed by atoms with van der Waals surface area (Å²) in [6, 6.07) is 8.80. The van der Waals surface area contributed by atoms with E-state index >= 15 is 0 Å². The fraction of sp³-hybridized carbons (Fsp3) is 0.455. The molecule has 0 aromatic heterocycles. The van der Waals surface area contributed by atoms with E-state index in [1.807, 2.05) is 18.2 Å². The molecule has 2 nitrogen and oxygen atoms in total. The average molecular weight is 209 g/mol. The van der Waals surface area contributed by atoms with Crippen LogP contribution in [0.4, 0.5) is 0 Å². The predicted molar refractivity (Wildman–Crippen MR) is 57.2 cm³/mol. The molecule has 14 heavy (non-hydrogen) atoms. The zero-order valence-electron chi connectivity index (χ0n) is 7.78. The number of fused-ring (bicyclic) bond motifs is 1. The molecule has 1 aliphatic heterocycles. The van der Waals surface area contributed by atoms with Gasteiger partial charge in [-0.1, -0.05) is 29.8 Å². The van der Waals surface area contributed by atoms with Crippen molar-refractivity contribution in [3.63, 3.8) is 0 Å². The molecule has 74 valence electrons. The molecule has 0 spiro atoms. The molecular formula is C11H13ClN2. The van der Waals surface area contributed by atoms with E-state index in [1.165, 1.54) is 5.56 Å². The Morgan fingerprint density at radius 3 is 2.79 bits per heavy atom. The molecule has 3 N–H and O–H groups in total. The van der Waals surface area contributed by atoms with Crippen LogP contribution in [0.5, 0.6) is 0 Å². The molecule has 3 heteroatoms. The van der Waals surface area contributed by atoms with Gasteiger partial charge < -0.3 is 11.1 Å². The standard InChI is InChI=1S/C11H13ClN2/c12-8-4-2-1-3-6(8)11-9-7(5-14-11)10(9)13/h1-4,7,9-11,14H,5,13H2. The minimum atomic E-state index is 0.378. The number of rotatable bonds is 1. The lowest BCUT2D eigenvalue weighted by Crippen LogP contribution is -2.25. The van der Waals surface area contributed by atoms with Crippen molar-refractivity contribution in [2.75, 3.05) is 6.54 Å². The maximum Gasteiger partial charge on any atom is 0.0453 e. The van der Waals surface area contributed by atoms with Gasteiger partial charge >= 0.3 is 0 Å². The van der Waals surface area contributed by atoms with Crippen molar-refractivity contribution in [3.8, 4) is 0 Å². The monoisotopic (exact) mass is 208 g/mol. The summed E-state index contributed by atoms with van der Waals surface area (Å²) in [6.45, 7) is 1.04. The number of piperidine rings is 1. The first kappa shape index (κ1) is 8.72. The zero-order chi connectivity index (χ0) is 9.71. The second-order valence-electron chi connectivity index (χ2n) is 4.23. The summed E-state index contributed by atoms with van der Waals surface area (Å²) >= 11 is 6.16. The van der Waals surface area contributed by atoms with Gasteiger partial charge in [0, 0.05) is 23.7 Å². The van der Waals surface area contributed by atoms with E-state index in [2.05, 4.69) is 11.4 Å². The van der Waals surface area contributed by atoms with Crippen LogP contribution in [0.1, 0.15) is 11.6 Å². The number of hydrogen-bond donors (Lipinski definition) is 2. The molecule has 0 radical (unpaired) electrons. The number of nitrogens with two attached hydrogens (primary N) is 1. The third kappa shape index (κ3) is 1.11. The van der Waals surface area contributed by atoms with E-state index in [-0.39, 0.29) is 0 Å². The van der Waals surface area contributed by atoms with Gasteiger partial charge in [-0.2, -0.15) is 0 Å². The van der Waals surface area contributed by atoms with Gasteiger partial charge in [0.2, 0.25) is 0 Å². The highest BCUT2D eigenvalue weighted by Gasteiger charge is 2.56. The van der Waals surface area contributed by atoms with Crippen molar-refractivity contribution in [1.29, 1.82) is 0 Å². The lowest BCUT2D eigenvalue weighted by atomic mass is 10.0. The van der Waals surface area contributed by atoms with Gasteiger partial charge in [0.15, 0.2) is 0 Å². The summed E-state index contributed by atoms with van der Waals surface area (Å²) in [4.78, 5) is 0. The van der Waals surface area contributed by atoms with Gasteiger partial charge in [0.1, 0.15) is 0 Å². The van der Waals surface area contributed by atoms with E-state index in [0.717, 1.165) is 11.6 Å². The summed E-state index contributed by atoms with van der Waals surface area (Å²) in [7, 11) is 0. The van der Waals surface area contributed by atoms with Crippen LogP contribution in [-0.4, -0.2) is 12.6 Å². The zero-order valence-corrected chi connectivity index (χ0v) is 8.54. The number of halogens is 1. The largest absolute Gasteiger partial charge is 0.327 e. The lowest BCUT2D eigenvalue weighted by Gasteiger charge is -2.16. The molecule has 1 saturated heterocycles. The van der Waals surface area contributed by atoms with Crippen LogP contribution in [0.15, 0.2) is 24.3 Å². The van der Waals surface area contributed by atoms with Crippen molar-refractivity contribution in [2.45, 2.75) is 12.1 Å². The average Bonchev–Trinajstić information content (AvgIpc) is 2.64. The Labute approximate surface area is 88.4 Å². The molecule has 1 aromatic carbocycles. The van der Waals surface area contributed by atoms with Gasteiger partial charge in [0.25, 0.3) is 0 Å². The van der Waals surface area contributed by atoms with Gasteiger partial charge in [-0.25, -0.2) is 0 Å². The Hall–Kier alpha value is -0.570. The fourth-order valence-electron chi connectivity index (χ4n) is 2.61. The van der Waals surface area contributed by atoms with Crippen molar-refractivity contribution in [2.24, 2.45) is 17.6 Å². The Morgan fingerprint density at radius 1 is 1.36 bits per heavy atom. The van der Waals surface area contributed by atoms with Crippen molar-refractivity contribution >= 4 is 11.6 Å². The maximum atomic E-state index is 6.16. The van der Waals surface area contributed by atoms with E-state index < -0.39 is 0 Å². The molecule has 1 aromatic rings. The Kier molecular flexibility index (Phi) is 1.84. The first-order valence-electron chi connectivity index (χ1n) is 5.02. The van der Waals surface area contributed by atoms with Crippen LogP contribution in [0.2, 0.25) is 5.02 Å². The summed E-state index contributed by atoms with van der Waals surface area (Å²) in [5.74, 6) is 1.28. The predicted octanol–water partition coefficient (Wildman–Crippen LogP) is 1.56. The molecule has 4 unspecified atom stereocenters. The van der Waals surface area contributed by atoms with E-state index in [1.54, 1.807) is 0 Å². The quantitative estimate of drug-likeness (QED) is 0.735. The van der Waals surface area contributed by atoms with Crippen LogP contribution in [0.3, 0.4) is 0 Å². The molecule has 1 heterocycles. The SMILES string of the molecule is NC1C2CNC(c3ccccc3Cl)C12. The summed E-state index contributed by atoms with van der Waals surface area (Å²) in [6.07, 6.45) is 0. The highest BCUT2D eigenvalue weighted by Crippen LogP contribution is 2.51. The summed E-state index contributed by atoms with van der Waals surface area (Å²) < 4.78 is 0. The van der Waals surface area contributed by atoms with Crippen LogP contribution in [0, 0.1) is 11.8 Å². The van der Waals surface area contributed by atoms with Gasteiger partial charge in [-0.05, 0) is 23.5 Å². The normalized spacial score (nSPS) is 39.6. The molecule has 1 saturated carbocycles. The highest BCUT2D eigenvalue weighted by molar-refractivity contribution is 6.31. The first-order chi connectivity index (χ1) is 6.79. The summed E-state index contributed by atoms with van der Waals surface area (Å²) in [5, 5.41) is 4.33. The Bertz CT molecular complexity index is 366. The van der Waals surface area contributed by atoms with Gasteiger partial charge in [0.05, 0.1) is 0 Å². The fourth-order valence-corrected chi connectivity index (χ4v) is 2.87. The molecule has 0 amide bonds. The van der Waals surface area contributed by atoms with Crippen LogP contribution in [0.25, 0.3) is 0 Å². The second kappa shape index (κ2) is 2.96. The summed E-state index contributed by atoms with van der Waals surface area (Å²) in [5.41, 5.74) is 7.17. The van der Waals surface area contributed by atoms with Gasteiger partial charge in [-0.3, -0.25) is 0 Å². The van der Waals surface area contributed by atoms with Crippen molar-refractivity contribution < 1.29 is 0 Å². The minimum absolute atomic E-state index is 0.378. The van der Waals surface area contributed by atoms with E-state index in [9.17, 15) is 0 Å². The second-order valence-corrected chi connectivity index (χ2v) is 4.63. The molecule has 0 bridgehead atoms. The number of benzene rings is 1. The van der Waals surface area contributed by atoms with Crippen LogP contribution >= 0.6 is 11.6 Å². The third-order valence-corrected chi connectivity index (χ3v) is 3.84. The smallest absolute Gasteiger partial charge is 0.0453 e. The first-order valence-corrected chi connectivity index (χ1v) is 5.40.